The van der Waals surface area contributed by atoms with Gasteiger partial charge >= 0.3 is 5.97 Å². The zero-order chi connectivity index (χ0) is 31.7. The Kier molecular flexibility index (Phi) is 8.87. The van der Waals surface area contributed by atoms with E-state index in [1.54, 1.807) is 0 Å². The van der Waals surface area contributed by atoms with Crippen LogP contribution in [0.5, 0.6) is 11.5 Å². The van der Waals surface area contributed by atoms with E-state index in [-0.39, 0.29) is 17.5 Å². The van der Waals surface area contributed by atoms with Crippen molar-refractivity contribution in [3.05, 3.63) is 102 Å². The minimum Gasteiger partial charge on any atom is -0.508 e. The molecule has 1 N–H and O–H groups in total. The van der Waals surface area contributed by atoms with Gasteiger partial charge in [0.2, 0.25) is 0 Å². The number of hydrogen-bond acceptors (Lipinski definition) is 5. The highest BCUT2D eigenvalue weighted by atomic mass is 32.1. The second-order valence-corrected chi connectivity index (χ2v) is 13.6. The highest BCUT2D eigenvalue weighted by Crippen LogP contribution is 2.61. The van der Waals surface area contributed by atoms with Gasteiger partial charge in [0.05, 0.1) is 0 Å². The Labute approximate surface area is 272 Å². The van der Waals surface area contributed by atoms with Crippen LogP contribution in [0.3, 0.4) is 0 Å². The molecule has 0 radical (unpaired) electrons. The molecule has 7 rings (SSSR count). The monoisotopic (exact) mass is 621 g/mol. The summed E-state index contributed by atoms with van der Waals surface area (Å²) < 4.78 is 11.5. The van der Waals surface area contributed by atoms with Gasteiger partial charge in [0.1, 0.15) is 17.6 Å². The summed E-state index contributed by atoms with van der Waals surface area (Å²) in [5, 5.41) is 12.5. The number of phenolic OH excluding ortho intramolecular Hbond substituents is 1. The van der Waals surface area contributed by atoms with E-state index in [1.807, 2.05) is 66.5 Å². The number of esters is 1. The maximum Gasteiger partial charge on any atom is 0.302 e. The predicted molar refractivity (Wildman–Crippen MR) is 185 cm³/mol. The first-order valence-corrected chi connectivity index (χ1v) is 16.5. The number of ether oxygens (including phenoxy) is 2. The summed E-state index contributed by atoms with van der Waals surface area (Å²) in [7, 11) is 1.91. The van der Waals surface area contributed by atoms with Crippen molar-refractivity contribution in [1.29, 1.82) is 0 Å². The zero-order valence-corrected chi connectivity index (χ0v) is 27.5. The van der Waals surface area contributed by atoms with Gasteiger partial charge in [0, 0.05) is 25.1 Å². The maximum absolute atomic E-state index is 11.4. The number of rotatable bonds is 3. The summed E-state index contributed by atoms with van der Waals surface area (Å²) in [6, 6.07) is 28.3. The van der Waals surface area contributed by atoms with Crippen molar-refractivity contribution in [2.24, 2.45) is 17.3 Å². The normalized spacial score (nSPS) is 24.7. The topological polar surface area (TPSA) is 59.0 Å². The van der Waals surface area contributed by atoms with Crippen LogP contribution < -0.4 is 9.64 Å². The van der Waals surface area contributed by atoms with Crippen molar-refractivity contribution in [1.82, 2.24) is 0 Å². The molecule has 2 saturated carbocycles. The number of carbonyl (C=O) groups excluding carboxylic acids is 1. The minimum atomic E-state index is -0.136. The van der Waals surface area contributed by atoms with Crippen LogP contribution in [-0.2, 0) is 16.0 Å². The van der Waals surface area contributed by atoms with Crippen molar-refractivity contribution in [2.45, 2.75) is 71.3 Å². The number of aryl methyl sites for hydroxylation is 2. The van der Waals surface area contributed by atoms with Gasteiger partial charge in [0.25, 0.3) is 5.17 Å². The standard InChI is InChI=1S/C20H26O3.C19H17NOS/c1-12(21)23-19-8-7-18-17-5-3-13-11-14(22)4-6-15(13)16(17)9-10-20(18,19)2;1-14-6-5-9-17(12-14)20(2)19(22)21-18-11-10-15-7-3-4-8-16(15)13-18/h4,6,11,16-19,22H,3,5,7-10H2,1-2H3;3-13H,1-2H3. The summed E-state index contributed by atoms with van der Waals surface area (Å²) in [6.45, 7) is 5.94. The molecular weight excluding hydrogens is 578 g/mol. The molecule has 5 nitrogen and oxygen atoms in total. The first-order chi connectivity index (χ1) is 21.6. The number of carbonyl (C=O) groups is 1. The number of anilines is 1. The number of fused-ring (bicyclic) bond motifs is 6. The highest BCUT2D eigenvalue weighted by Gasteiger charge is 2.56. The van der Waals surface area contributed by atoms with Crippen LogP contribution in [0.15, 0.2) is 84.9 Å². The fourth-order valence-corrected chi connectivity index (χ4v) is 8.46. The average molecular weight is 622 g/mol. The van der Waals surface area contributed by atoms with Crippen LogP contribution in [0.25, 0.3) is 10.8 Å². The Bertz CT molecular complexity index is 1720. The van der Waals surface area contributed by atoms with Gasteiger partial charge in [-0.1, -0.05) is 55.5 Å². The molecule has 0 spiro atoms. The summed E-state index contributed by atoms with van der Waals surface area (Å²) in [6.07, 6.45) is 6.89. The van der Waals surface area contributed by atoms with Gasteiger partial charge < -0.3 is 19.5 Å². The van der Waals surface area contributed by atoms with Crippen molar-refractivity contribution >= 4 is 39.8 Å². The van der Waals surface area contributed by atoms with E-state index in [9.17, 15) is 9.90 Å². The van der Waals surface area contributed by atoms with Crippen molar-refractivity contribution < 1.29 is 19.4 Å². The number of phenols is 1. The van der Waals surface area contributed by atoms with Crippen LogP contribution in [0, 0.1) is 24.2 Å². The zero-order valence-electron chi connectivity index (χ0n) is 26.7. The van der Waals surface area contributed by atoms with Gasteiger partial charge in [-0.3, -0.25) is 4.79 Å². The molecule has 0 aliphatic heterocycles. The van der Waals surface area contributed by atoms with E-state index in [0.717, 1.165) is 36.1 Å². The lowest BCUT2D eigenvalue weighted by Gasteiger charge is -2.50. The number of thiocarbonyl (C=S) groups is 1. The molecule has 4 aromatic rings. The van der Waals surface area contributed by atoms with Gasteiger partial charge in [-0.25, -0.2) is 0 Å². The molecule has 45 heavy (non-hydrogen) atoms. The Balaban J connectivity index is 0.000000159. The third kappa shape index (κ3) is 6.44. The highest BCUT2D eigenvalue weighted by molar-refractivity contribution is 7.80. The minimum absolute atomic E-state index is 0.104. The van der Waals surface area contributed by atoms with Gasteiger partial charge in [-0.15, -0.1) is 0 Å². The van der Waals surface area contributed by atoms with Crippen molar-refractivity contribution in [3.8, 4) is 11.5 Å². The quantitative estimate of drug-likeness (QED) is 0.182. The van der Waals surface area contributed by atoms with E-state index in [2.05, 4.69) is 44.2 Å². The summed E-state index contributed by atoms with van der Waals surface area (Å²) in [5.41, 5.74) is 5.16. The smallest absolute Gasteiger partial charge is 0.302 e. The summed E-state index contributed by atoms with van der Waals surface area (Å²) in [5.74, 6) is 2.98. The Morgan fingerprint density at radius 2 is 1.73 bits per heavy atom. The lowest BCUT2D eigenvalue weighted by atomic mass is 9.55. The van der Waals surface area contributed by atoms with E-state index < -0.39 is 0 Å². The second kappa shape index (κ2) is 12.8. The van der Waals surface area contributed by atoms with E-state index in [0.29, 0.717) is 28.7 Å². The molecule has 0 amide bonds. The molecule has 3 aliphatic rings. The number of benzene rings is 4. The molecule has 0 bridgehead atoms. The van der Waals surface area contributed by atoms with Crippen LogP contribution in [0.4, 0.5) is 5.69 Å². The third-order valence-electron chi connectivity index (χ3n) is 10.5. The van der Waals surface area contributed by atoms with Gasteiger partial charge in [-0.2, -0.15) is 0 Å². The summed E-state index contributed by atoms with van der Waals surface area (Å²) >= 11 is 5.41. The van der Waals surface area contributed by atoms with Crippen LogP contribution in [0.2, 0.25) is 0 Å². The molecular formula is C39H43NO4S. The molecule has 5 atom stereocenters. The molecule has 6 heteroatoms. The van der Waals surface area contributed by atoms with Crippen molar-refractivity contribution in [2.75, 3.05) is 11.9 Å². The molecule has 4 aromatic carbocycles. The van der Waals surface area contributed by atoms with Gasteiger partial charge in [0.15, 0.2) is 0 Å². The van der Waals surface area contributed by atoms with Crippen LogP contribution in [0.1, 0.15) is 68.6 Å². The SMILES string of the molecule is CC(=O)OC1CCC2C3CCc4cc(O)ccc4C3CCC12C.Cc1cccc(N(C)C(=S)Oc2ccc3ccccc3c2)c1. The Morgan fingerprint density at radius 3 is 2.51 bits per heavy atom. The third-order valence-corrected chi connectivity index (χ3v) is 10.9. The lowest BCUT2D eigenvalue weighted by Crippen LogP contribution is -2.45. The Hall–Kier alpha value is -3.90. The predicted octanol–water partition coefficient (Wildman–Crippen LogP) is 9.13. The van der Waals surface area contributed by atoms with Crippen LogP contribution in [-0.4, -0.2) is 29.4 Å². The lowest BCUT2D eigenvalue weighted by molar-refractivity contribution is -0.154. The molecule has 0 saturated heterocycles. The van der Waals surface area contributed by atoms with E-state index >= 15 is 0 Å². The summed E-state index contributed by atoms with van der Waals surface area (Å²) in [4.78, 5) is 13.3. The number of hydrogen-bond donors (Lipinski definition) is 1. The molecule has 2 fully saturated rings. The molecule has 234 valence electrons. The van der Waals surface area contributed by atoms with Crippen molar-refractivity contribution in [3.63, 3.8) is 0 Å². The maximum atomic E-state index is 11.4. The fourth-order valence-electron chi connectivity index (χ4n) is 8.26. The first-order valence-electron chi connectivity index (χ1n) is 16.1. The largest absolute Gasteiger partial charge is 0.508 e. The first kappa shape index (κ1) is 31.1. The number of aromatic hydroxyl groups is 1. The fraction of sp³-hybridized carbons (Fsp3) is 0.385. The molecule has 0 aromatic heterocycles. The molecule has 3 aliphatic carbocycles. The van der Waals surface area contributed by atoms with E-state index in [4.69, 9.17) is 21.7 Å². The number of nitrogens with zero attached hydrogens (tertiary/aromatic N) is 1. The van der Waals surface area contributed by atoms with E-state index in [1.165, 1.54) is 48.3 Å². The van der Waals surface area contributed by atoms with Gasteiger partial charge in [-0.05, 0) is 139 Å². The second-order valence-electron chi connectivity index (χ2n) is 13.3. The Morgan fingerprint density at radius 1 is 0.933 bits per heavy atom. The average Bonchev–Trinajstić information content (AvgIpc) is 3.35. The van der Waals surface area contributed by atoms with Crippen LogP contribution >= 0.6 is 12.2 Å². The molecule has 5 unspecified atom stereocenters. The molecule has 0 heterocycles.